The van der Waals surface area contributed by atoms with Gasteiger partial charge in [-0.05, 0) is 30.7 Å². The molecule has 2 atom stereocenters. The van der Waals surface area contributed by atoms with Crippen molar-refractivity contribution >= 4 is 23.3 Å². The van der Waals surface area contributed by atoms with Crippen LogP contribution < -0.4 is 10.6 Å². The Morgan fingerprint density at radius 3 is 2.68 bits per heavy atom. The van der Waals surface area contributed by atoms with E-state index in [1.807, 2.05) is 37.3 Å². The van der Waals surface area contributed by atoms with Gasteiger partial charge in [0.05, 0.1) is 12.1 Å². The molecule has 1 amide bonds. The molecule has 1 fully saturated rings. The first-order valence-electron chi connectivity index (χ1n) is 8.11. The van der Waals surface area contributed by atoms with Gasteiger partial charge in [0.1, 0.15) is 18.0 Å². The van der Waals surface area contributed by atoms with Crippen LogP contribution in [0.3, 0.4) is 0 Å². The predicted octanol–water partition coefficient (Wildman–Crippen LogP) is 3.12. The van der Waals surface area contributed by atoms with Crippen LogP contribution in [-0.2, 0) is 20.7 Å². The van der Waals surface area contributed by atoms with Crippen molar-refractivity contribution < 1.29 is 18.7 Å². The molecule has 2 aromatic carbocycles. The van der Waals surface area contributed by atoms with E-state index < -0.39 is 11.9 Å². The summed E-state index contributed by atoms with van der Waals surface area (Å²) in [5, 5.41) is 5.59. The second kappa shape index (κ2) is 7.34. The summed E-state index contributed by atoms with van der Waals surface area (Å²) >= 11 is 0. The monoisotopic (exact) mass is 342 g/mol. The van der Waals surface area contributed by atoms with E-state index in [1.165, 1.54) is 18.2 Å². The van der Waals surface area contributed by atoms with E-state index in [0.717, 1.165) is 5.56 Å². The van der Waals surface area contributed by atoms with Crippen molar-refractivity contribution in [3.63, 3.8) is 0 Å². The molecule has 3 rings (SSSR count). The van der Waals surface area contributed by atoms with Gasteiger partial charge in [0.2, 0.25) is 5.91 Å². The Labute approximate surface area is 145 Å². The Balaban J connectivity index is 1.67. The van der Waals surface area contributed by atoms with E-state index in [2.05, 4.69) is 10.6 Å². The largest absolute Gasteiger partial charge is 0.461 e. The highest BCUT2D eigenvalue weighted by Crippen LogP contribution is 2.24. The van der Waals surface area contributed by atoms with E-state index >= 15 is 0 Å². The van der Waals surface area contributed by atoms with Crippen molar-refractivity contribution in [1.82, 2.24) is 0 Å². The summed E-state index contributed by atoms with van der Waals surface area (Å²) in [4.78, 5) is 23.8. The minimum atomic E-state index is -0.533. The topological polar surface area (TPSA) is 67.4 Å². The molecule has 0 saturated carbocycles. The van der Waals surface area contributed by atoms with E-state index in [-0.39, 0.29) is 30.1 Å². The van der Waals surface area contributed by atoms with E-state index in [9.17, 15) is 14.0 Å². The summed E-state index contributed by atoms with van der Waals surface area (Å²) < 4.78 is 19.1. The van der Waals surface area contributed by atoms with Crippen LogP contribution in [0.25, 0.3) is 0 Å². The number of benzene rings is 2. The molecule has 0 aliphatic carbocycles. The van der Waals surface area contributed by atoms with Crippen molar-refractivity contribution in [2.45, 2.75) is 31.9 Å². The highest BCUT2D eigenvalue weighted by molar-refractivity contribution is 5.93. The lowest BCUT2D eigenvalue weighted by molar-refractivity contribution is -0.141. The summed E-state index contributed by atoms with van der Waals surface area (Å²) in [6.45, 7) is 1.82. The predicted molar refractivity (Wildman–Crippen MR) is 92.8 cm³/mol. The van der Waals surface area contributed by atoms with Crippen LogP contribution >= 0.6 is 0 Å². The molecule has 6 heteroatoms. The van der Waals surface area contributed by atoms with Crippen LogP contribution in [0.5, 0.6) is 0 Å². The first-order chi connectivity index (χ1) is 12.0. The van der Waals surface area contributed by atoms with Gasteiger partial charge in [-0.15, -0.1) is 0 Å². The molecule has 130 valence electrons. The van der Waals surface area contributed by atoms with Crippen LogP contribution in [0, 0.1) is 5.82 Å². The first-order valence-corrected chi connectivity index (χ1v) is 8.11. The minimum Gasteiger partial charge on any atom is -0.461 e. The third kappa shape index (κ3) is 4.35. The fraction of sp³-hybridized carbons (Fsp3) is 0.263. The van der Waals surface area contributed by atoms with Gasteiger partial charge in [0, 0.05) is 12.1 Å². The summed E-state index contributed by atoms with van der Waals surface area (Å²) in [5.74, 6) is -1.17. The number of ether oxygens (including phenoxy) is 1. The number of hydrogen-bond donors (Lipinski definition) is 2. The molecule has 1 aliphatic heterocycles. The van der Waals surface area contributed by atoms with Crippen molar-refractivity contribution in [3.05, 3.63) is 59.9 Å². The number of carbonyl (C=O) groups excluding carboxylic acids is 2. The number of anilines is 2. The van der Waals surface area contributed by atoms with E-state index in [4.69, 9.17) is 4.74 Å². The molecule has 2 N–H and O–H groups in total. The number of hydrogen-bond acceptors (Lipinski definition) is 4. The SMILES string of the molecule is C[C@H]1C[C@@H](Nc2ccc(F)c(NC(=O)Cc3ccccc3)c2)C(=O)O1. The van der Waals surface area contributed by atoms with Gasteiger partial charge >= 0.3 is 5.97 Å². The smallest absolute Gasteiger partial charge is 0.328 e. The Bertz CT molecular complexity index is 779. The quantitative estimate of drug-likeness (QED) is 0.819. The molecular weight excluding hydrogens is 323 g/mol. The molecule has 0 spiro atoms. The van der Waals surface area contributed by atoms with Crippen molar-refractivity contribution in [3.8, 4) is 0 Å². The summed E-state index contributed by atoms with van der Waals surface area (Å²) in [7, 11) is 0. The third-order valence-electron chi connectivity index (χ3n) is 3.96. The van der Waals surface area contributed by atoms with Crippen molar-refractivity contribution in [2.75, 3.05) is 10.6 Å². The summed E-state index contributed by atoms with van der Waals surface area (Å²) in [5.41, 5.74) is 1.47. The first kappa shape index (κ1) is 17.0. The van der Waals surface area contributed by atoms with E-state index in [0.29, 0.717) is 12.1 Å². The van der Waals surface area contributed by atoms with Gasteiger partial charge in [-0.25, -0.2) is 9.18 Å². The molecule has 0 bridgehead atoms. The number of esters is 1. The van der Waals surface area contributed by atoms with Gasteiger partial charge in [0.15, 0.2) is 0 Å². The lowest BCUT2D eigenvalue weighted by Crippen LogP contribution is -2.24. The van der Waals surface area contributed by atoms with Crippen LogP contribution in [0.2, 0.25) is 0 Å². The molecule has 1 saturated heterocycles. The molecule has 5 nitrogen and oxygen atoms in total. The van der Waals surface area contributed by atoms with Crippen LogP contribution in [-0.4, -0.2) is 24.0 Å². The van der Waals surface area contributed by atoms with Crippen LogP contribution in [0.4, 0.5) is 15.8 Å². The molecule has 25 heavy (non-hydrogen) atoms. The average molecular weight is 342 g/mol. The fourth-order valence-electron chi connectivity index (χ4n) is 2.76. The number of amides is 1. The number of cyclic esters (lactones) is 1. The summed E-state index contributed by atoms with van der Waals surface area (Å²) in [6, 6.07) is 13.0. The zero-order valence-electron chi connectivity index (χ0n) is 13.8. The standard InChI is InChI=1S/C19H19FN2O3/c1-12-9-17(19(24)25-12)21-14-7-8-15(20)16(11-14)22-18(23)10-13-5-3-2-4-6-13/h2-8,11-12,17,21H,9-10H2,1H3,(H,22,23)/t12-,17+/m0/s1. The van der Waals surface area contributed by atoms with Crippen molar-refractivity contribution in [1.29, 1.82) is 0 Å². The number of carbonyl (C=O) groups is 2. The third-order valence-corrected chi connectivity index (χ3v) is 3.96. The van der Waals surface area contributed by atoms with Crippen LogP contribution in [0.1, 0.15) is 18.9 Å². The molecule has 0 radical (unpaired) electrons. The molecule has 2 aromatic rings. The Kier molecular flexibility index (Phi) is 4.97. The zero-order chi connectivity index (χ0) is 17.8. The highest BCUT2D eigenvalue weighted by atomic mass is 19.1. The molecule has 0 aromatic heterocycles. The number of nitrogens with one attached hydrogen (secondary N) is 2. The maximum absolute atomic E-state index is 14.0. The minimum absolute atomic E-state index is 0.0744. The van der Waals surface area contributed by atoms with Gasteiger partial charge < -0.3 is 15.4 Å². The normalized spacial score (nSPS) is 19.4. The Hall–Kier alpha value is -2.89. The molecule has 1 aliphatic rings. The lowest BCUT2D eigenvalue weighted by atomic mass is 10.1. The fourth-order valence-corrected chi connectivity index (χ4v) is 2.76. The second-order valence-electron chi connectivity index (χ2n) is 6.09. The Morgan fingerprint density at radius 2 is 2.00 bits per heavy atom. The molecule has 1 heterocycles. The van der Waals surface area contributed by atoms with Crippen LogP contribution in [0.15, 0.2) is 48.5 Å². The highest BCUT2D eigenvalue weighted by Gasteiger charge is 2.31. The van der Waals surface area contributed by atoms with Crippen molar-refractivity contribution in [2.24, 2.45) is 0 Å². The van der Waals surface area contributed by atoms with Gasteiger partial charge in [-0.3, -0.25) is 4.79 Å². The van der Waals surface area contributed by atoms with Gasteiger partial charge in [0.25, 0.3) is 0 Å². The lowest BCUT2D eigenvalue weighted by Gasteiger charge is -2.13. The van der Waals surface area contributed by atoms with E-state index in [1.54, 1.807) is 0 Å². The number of halogens is 1. The average Bonchev–Trinajstić information content (AvgIpc) is 2.89. The zero-order valence-corrected chi connectivity index (χ0v) is 13.8. The second-order valence-corrected chi connectivity index (χ2v) is 6.09. The maximum atomic E-state index is 14.0. The van der Waals surface area contributed by atoms with Gasteiger partial charge in [-0.2, -0.15) is 0 Å². The van der Waals surface area contributed by atoms with Gasteiger partial charge in [-0.1, -0.05) is 30.3 Å². The summed E-state index contributed by atoms with van der Waals surface area (Å²) in [6.07, 6.45) is 0.562. The molecular formula is C19H19FN2O3. The maximum Gasteiger partial charge on any atom is 0.328 e. The molecule has 0 unspecified atom stereocenters. The Morgan fingerprint density at radius 1 is 1.24 bits per heavy atom. The number of rotatable bonds is 5.